The van der Waals surface area contributed by atoms with Crippen molar-refractivity contribution in [1.82, 2.24) is 9.80 Å². The fourth-order valence-corrected chi connectivity index (χ4v) is 4.45. The van der Waals surface area contributed by atoms with Crippen LogP contribution in [0.5, 0.6) is 0 Å². The van der Waals surface area contributed by atoms with Gasteiger partial charge in [-0.15, -0.1) is 0 Å². The zero-order valence-corrected chi connectivity index (χ0v) is 15.3. The van der Waals surface area contributed by atoms with Crippen molar-refractivity contribution < 1.29 is 14.0 Å². The van der Waals surface area contributed by atoms with E-state index in [0.29, 0.717) is 31.0 Å². The Hall–Kier alpha value is -1.91. The molecule has 1 spiro atoms. The molecule has 1 aromatic carbocycles. The van der Waals surface area contributed by atoms with Gasteiger partial charge in [-0.05, 0) is 68.1 Å². The van der Waals surface area contributed by atoms with Crippen molar-refractivity contribution in [2.75, 3.05) is 26.2 Å². The van der Waals surface area contributed by atoms with Crippen LogP contribution < -0.4 is 0 Å². The molecule has 4 nitrogen and oxygen atoms in total. The van der Waals surface area contributed by atoms with Gasteiger partial charge in [-0.25, -0.2) is 4.39 Å². The average molecular weight is 358 g/mol. The molecule has 1 saturated carbocycles. The molecule has 26 heavy (non-hydrogen) atoms. The molecule has 2 amide bonds. The summed E-state index contributed by atoms with van der Waals surface area (Å²) < 4.78 is 13.4. The number of hydrogen-bond donors (Lipinski definition) is 0. The van der Waals surface area contributed by atoms with E-state index in [-0.39, 0.29) is 17.1 Å². The normalized spacial score (nSPS) is 23.2. The van der Waals surface area contributed by atoms with Gasteiger partial charge in [0.2, 0.25) is 5.91 Å². The van der Waals surface area contributed by atoms with Crippen LogP contribution in [0.4, 0.5) is 4.39 Å². The predicted octanol–water partition coefficient (Wildman–Crippen LogP) is 3.47. The van der Waals surface area contributed by atoms with E-state index in [9.17, 15) is 14.0 Å². The zero-order valence-electron chi connectivity index (χ0n) is 15.3. The van der Waals surface area contributed by atoms with Gasteiger partial charge in [0, 0.05) is 38.2 Å². The van der Waals surface area contributed by atoms with Gasteiger partial charge in [0.25, 0.3) is 5.91 Å². The molecule has 4 rings (SSSR count). The molecule has 1 aromatic rings. The molecule has 0 N–H and O–H groups in total. The van der Waals surface area contributed by atoms with Crippen molar-refractivity contribution in [2.24, 2.45) is 11.3 Å². The van der Waals surface area contributed by atoms with Crippen LogP contribution in [0.2, 0.25) is 0 Å². The first-order valence-corrected chi connectivity index (χ1v) is 9.87. The van der Waals surface area contributed by atoms with Crippen molar-refractivity contribution in [1.29, 1.82) is 0 Å². The minimum absolute atomic E-state index is 0.0839. The lowest BCUT2D eigenvalue weighted by atomic mass is 9.73. The van der Waals surface area contributed by atoms with E-state index in [0.717, 1.165) is 44.7 Å². The number of halogens is 1. The maximum absolute atomic E-state index is 13.4. The summed E-state index contributed by atoms with van der Waals surface area (Å²) in [5, 5.41) is 0. The minimum atomic E-state index is -0.373. The highest BCUT2D eigenvalue weighted by atomic mass is 19.1. The fraction of sp³-hybridized carbons (Fsp3) is 0.619. The highest BCUT2D eigenvalue weighted by Crippen LogP contribution is 2.42. The first-order chi connectivity index (χ1) is 12.5. The monoisotopic (exact) mass is 358 g/mol. The molecule has 2 heterocycles. The summed E-state index contributed by atoms with van der Waals surface area (Å²) in [6.45, 7) is 3.21. The number of carbonyl (C=O) groups is 2. The van der Waals surface area contributed by atoms with E-state index in [4.69, 9.17) is 0 Å². The van der Waals surface area contributed by atoms with Gasteiger partial charge in [-0.2, -0.15) is 0 Å². The first-order valence-electron chi connectivity index (χ1n) is 9.87. The quantitative estimate of drug-likeness (QED) is 0.830. The summed E-state index contributed by atoms with van der Waals surface area (Å²) >= 11 is 0. The molecule has 0 bridgehead atoms. The predicted molar refractivity (Wildman–Crippen MR) is 97.1 cm³/mol. The third-order valence-corrected chi connectivity index (χ3v) is 6.49. The van der Waals surface area contributed by atoms with Crippen LogP contribution in [0.25, 0.3) is 0 Å². The maximum Gasteiger partial charge on any atom is 0.253 e. The van der Waals surface area contributed by atoms with Crippen LogP contribution in [0.1, 0.15) is 55.3 Å². The van der Waals surface area contributed by atoms with Crippen LogP contribution in [-0.4, -0.2) is 47.8 Å². The lowest BCUT2D eigenvalue weighted by Crippen LogP contribution is -2.43. The summed E-state index contributed by atoms with van der Waals surface area (Å²) in [4.78, 5) is 29.0. The van der Waals surface area contributed by atoms with Crippen LogP contribution in [0.15, 0.2) is 24.3 Å². The number of piperidine rings is 1. The summed E-state index contributed by atoms with van der Waals surface area (Å²) in [6.07, 6.45) is 7.06. The average Bonchev–Trinajstić information content (AvgIpc) is 3.48. The second kappa shape index (κ2) is 7.01. The number of hydrogen-bond acceptors (Lipinski definition) is 2. The Morgan fingerprint density at radius 3 is 2.54 bits per heavy atom. The van der Waals surface area contributed by atoms with Gasteiger partial charge >= 0.3 is 0 Å². The molecule has 5 heteroatoms. The Morgan fingerprint density at radius 1 is 1.12 bits per heavy atom. The van der Waals surface area contributed by atoms with E-state index in [1.54, 1.807) is 12.1 Å². The molecule has 0 atom stereocenters. The molecule has 2 aliphatic heterocycles. The third kappa shape index (κ3) is 3.76. The minimum Gasteiger partial charge on any atom is -0.342 e. The second-order valence-electron chi connectivity index (χ2n) is 8.34. The van der Waals surface area contributed by atoms with Crippen LogP contribution >= 0.6 is 0 Å². The summed E-state index contributed by atoms with van der Waals surface area (Å²) in [7, 11) is 0. The highest BCUT2D eigenvalue weighted by Gasteiger charge is 2.39. The number of benzene rings is 1. The van der Waals surface area contributed by atoms with Crippen molar-refractivity contribution in [2.45, 2.75) is 44.9 Å². The standard InChI is InChI=1S/C21H27FN2O2/c22-18-3-1-2-17(14-18)20(26)23-11-8-21(9-12-23)7-6-19(25)24(13-10-21)15-16-4-5-16/h1-3,14,16H,4-13,15H2. The highest BCUT2D eigenvalue weighted by molar-refractivity contribution is 5.94. The van der Waals surface area contributed by atoms with Gasteiger partial charge < -0.3 is 9.80 Å². The van der Waals surface area contributed by atoms with E-state index < -0.39 is 0 Å². The summed E-state index contributed by atoms with van der Waals surface area (Å²) in [5.41, 5.74) is 0.611. The summed E-state index contributed by atoms with van der Waals surface area (Å²) in [5.74, 6) is 0.590. The van der Waals surface area contributed by atoms with Crippen LogP contribution in [0.3, 0.4) is 0 Å². The van der Waals surface area contributed by atoms with Gasteiger partial charge in [0.1, 0.15) is 5.82 Å². The number of carbonyl (C=O) groups excluding carboxylic acids is 2. The number of likely N-dealkylation sites (tertiary alicyclic amines) is 2. The van der Waals surface area contributed by atoms with Crippen LogP contribution in [-0.2, 0) is 4.79 Å². The van der Waals surface area contributed by atoms with E-state index >= 15 is 0 Å². The lowest BCUT2D eigenvalue weighted by Gasteiger charge is -2.41. The molecule has 140 valence electrons. The van der Waals surface area contributed by atoms with Crippen LogP contribution in [0, 0.1) is 17.2 Å². The molecule has 2 saturated heterocycles. The Labute approximate surface area is 154 Å². The zero-order chi connectivity index (χ0) is 18.1. The molecule has 1 aliphatic carbocycles. The molecule has 0 aromatic heterocycles. The Kier molecular flexibility index (Phi) is 4.72. The molecule has 0 radical (unpaired) electrons. The van der Waals surface area contributed by atoms with Crippen molar-refractivity contribution in [3.05, 3.63) is 35.6 Å². The van der Waals surface area contributed by atoms with Gasteiger partial charge in [0.15, 0.2) is 0 Å². The van der Waals surface area contributed by atoms with E-state index in [1.807, 2.05) is 4.90 Å². The number of nitrogens with zero attached hydrogens (tertiary/aromatic N) is 2. The van der Waals surface area contributed by atoms with Crippen molar-refractivity contribution in [3.63, 3.8) is 0 Å². The molecule has 3 fully saturated rings. The van der Waals surface area contributed by atoms with Crippen molar-refractivity contribution >= 4 is 11.8 Å². The van der Waals surface area contributed by atoms with E-state index in [1.165, 1.54) is 25.0 Å². The topological polar surface area (TPSA) is 40.6 Å². The first kappa shape index (κ1) is 17.5. The van der Waals surface area contributed by atoms with Crippen molar-refractivity contribution in [3.8, 4) is 0 Å². The maximum atomic E-state index is 13.4. The molecule has 0 unspecified atom stereocenters. The van der Waals surface area contributed by atoms with Gasteiger partial charge in [-0.3, -0.25) is 9.59 Å². The Bertz CT molecular complexity index is 693. The third-order valence-electron chi connectivity index (χ3n) is 6.49. The smallest absolute Gasteiger partial charge is 0.253 e. The fourth-order valence-electron chi connectivity index (χ4n) is 4.45. The Morgan fingerprint density at radius 2 is 1.85 bits per heavy atom. The van der Waals surface area contributed by atoms with Gasteiger partial charge in [-0.1, -0.05) is 6.07 Å². The lowest BCUT2D eigenvalue weighted by molar-refractivity contribution is -0.130. The SMILES string of the molecule is O=C1CCC2(CCN1CC1CC1)CCN(C(=O)c1cccc(F)c1)CC2. The van der Waals surface area contributed by atoms with Gasteiger partial charge in [0.05, 0.1) is 0 Å². The number of rotatable bonds is 3. The van der Waals surface area contributed by atoms with E-state index in [2.05, 4.69) is 4.90 Å². The molecular formula is C21H27FN2O2. The molecular weight excluding hydrogens is 331 g/mol. The summed E-state index contributed by atoms with van der Waals surface area (Å²) in [6, 6.07) is 5.93. The largest absolute Gasteiger partial charge is 0.342 e. The molecule has 3 aliphatic rings. The Balaban J connectivity index is 1.36. The number of amides is 2. The second-order valence-corrected chi connectivity index (χ2v) is 8.34.